The molecule has 6 nitrogen and oxygen atoms in total. The lowest BCUT2D eigenvalue weighted by molar-refractivity contribution is -0.385. The van der Waals surface area contributed by atoms with Crippen LogP contribution in [0.5, 0.6) is 0 Å². The molecule has 0 aliphatic carbocycles. The molecule has 1 rings (SSSR count). The van der Waals surface area contributed by atoms with Crippen LogP contribution in [0.4, 0.5) is 5.69 Å². The van der Waals surface area contributed by atoms with E-state index in [0.717, 1.165) is 12.4 Å². The van der Waals surface area contributed by atoms with Crippen LogP contribution in [0.15, 0.2) is 12.4 Å². The minimum absolute atomic E-state index is 0.00125. The molecule has 0 atom stereocenters. The Morgan fingerprint density at radius 3 is 2.25 bits per heavy atom. The number of aromatic nitrogens is 2. The smallest absolute Gasteiger partial charge is 0.299 e. The maximum atomic E-state index is 11.6. The van der Waals surface area contributed by atoms with Gasteiger partial charge in [0.25, 0.3) is 0 Å². The molecule has 1 aromatic rings. The molecule has 0 amide bonds. The van der Waals surface area contributed by atoms with Gasteiger partial charge in [0, 0.05) is 5.41 Å². The van der Waals surface area contributed by atoms with Crippen LogP contribution < -0.4 is 0 Å². The van der Waals surface area contributed by atoms with Crippen LogP contribution in [0.2, 0.25) is 0 Å². The molecular formula is C10H13N3O3. The Hall–Kier alpha value is -1.85. The van der Waals surface area contributed by atoms with Crippen molar-refractivity contribution in [1.29, 1.82) is 0 Å². The van der Waals surface area contributed by atoms with E-state index >= 15 is 0 Å². The lowest BCUT2D eigenvalue weighted by Crippen LogP contribution is -2.23. The van der Waals surface area contributed by atoms with Crippen LogP contribution in [0, 0.1) is 15.5 Å². The molecule has 0 spiro atoms. The van der Waals surface area contributed by atoms with E-state index in [4.69, 9.17) is 0 Å². The number of rotatable bonds is 3. The summed E-state index contributed by atoms with van der Waals surface area (Å²) in [4.78, 5) is 29.0. The highest BCUT2D eigenvalue weighted by Gasteiger charge is 2.22. The first-order valence-corrected chi connectivity index (χ1v) is 4.79. The van der Waals surface area contributed by atoms with Crippen molar-refractivity contribution in [3.63, 3.8) is 0 Å². The van der Waals surface area contributed by atoms with E-state index < -0.39 is 10.3 Å². The number of ketones is 1. The number of nitrogens with zero attached hydrogens (tertiary/aromatic N) is 3. The molecule has 0 bridgehead atoms. The van der Waals surface area contributed by atoms with E-state index in [0.29, 0.717) is 5.82 Å². The quantitative estimate of drug-likeness (QED) is 0.573. The van der Waals surface area contributed by atoms with Crippen molar-refractivity contribution in [3.8, 4) is 0 Å². The summed E-state index contributed by atoms with van der Waals surface area (Å²) in [5.41, 5.74) is -0.627. The van der Waals surface area contributed by atoms with Crippen molar-refractivity contribution in [3.05, 3.63) is 28.3 Å². The maximum absolute atomic E-state index is 11.6. The number of hydrogen-bond donors (Lipinski definition) is 0. The highest BCUT2D eigenvalue weighted by atomic mass is 16.6. The first-order valence-electron chi connectivity index (χ1n) is 4.79. The summed E-state index contributed by atoms with van der Waals surface area (Å²) in [6, 6.07) is 0. The van der Waals surface area contributed by atoms with Crippen molar-refractivity contribution in [2.75, 3.05) is 0 Å². The minimum Gasteiger partial charge on any atom is -0.299 e. The zero-order chi connectivity index (χ0) is 12.3. The first kappa shape index (κ1) is 12.2. The van der Waals surface area contributed by atoms with Gasteiger partial charge < -0.3 is 0 Å². The summed E-state index contributed by atoms with van der Waals surface area (Å²) in [6.45, 7) is 5.42. The number of carbonyl (C=O) groups is 1. The highest BCUT2D eigenvalue weighted by Crippen LogP contribution is 2.16. The second kappa shape index (κ2) is 4.34. The van der Waals surface area contributed by atoms with Gasteiger partial charge in [0.05, 0.1) is 11.3 Å². The zero-order valence-electron chi connectivity index (χ0n) is 9.43. The summed E-state index contributed by atoms with van der Waals surface area (Å²) in [5, 5.41) is 10.4. The number of nitro groups is 1. The minimum atomic E-state index is -0.574. The fraction of sp³-hybridized carbons (Fsp3) is 0.500. The molecule has 0 aliphatic heterocycles. The predicted octanol–water partition coefficient (Wildman–Crippen LogP) is 1.54. The highest BCUT2D eigenvalue weighted by molar-refractivity contribution is 5.85. The van der Waals surface area contributed by atoms with Gasteiger partial charge in [-0.05, 0) is 0 Å². The van der Waals surface area contributed by atoms with Crippen LogP contribution >= 0.6 is 0 Å². The van der Waals surface area contributed by atoms with Crippen LogP contribution in [0.1, 0.15) is 26.6 Å². The van der Waals surface area contributed by atoms with E-state index in [1.54, 1.807) is 20.8 Å². The number of carbonyl (C=O) groups excluding carboxylic acids is 1. The molecule has 1 heterocycles. The first-order chi connectivity index (χ1) is 7.30. The molecule has 6 heteroatoms. The monoisotopic (exact) mass is 223 g/mol. The summed E-state index contributed by atoms with van der Waals surface area (Å²) in [6.07, 6.45) is 2.32. The second-order valence-electron chi connectivity index (χ2n) is 4.46. The van der Waals surface area contributed by atoms with Gasteiger partial charge in [0.15, 0.2) is 0 Å². The normalized spacial score (nSPS) is 11.2. The third kappa shape index (κ3) is 3.08. The third-order valence-electron chi connectivity index (χ3n) is 2.06. The molecule has 1 aromatic heterocycles. The Morgan fingerprint density at radius 2 is 1.88 bits per heavy atom. The van der Waals surface area contributed by atoms with Gasteiger partial charge in [-0.3, -0.25) is 14.9 Å². The standard InChI is InChI=1S/C10H13N3O3/c1-10(2,3)8(14)4-9-11-5-7(6-12-9)13(15)16/h5-6H,4H2,1-3H3. The Kier molecular flexibility index (Phi) is 3.31. The van der Waals surface area contributed by atoms with Gasteiger partial charge >= 0.3 is 5.69 Å². The van der Waals surface area contributed by atoms with Crippen LogP contribution in [0.3, 0.4) is 0 Å². The van der Waals surface area contributed by atoms with Gasteiger partial charge in [-0.15, -0.1) is 0 Å². The zero-order valence-corrected chi connectivity index (χ0v) is 9.43. The van der Waals surface area contributed by atoms with Crippen molar-refractivity contribution in [2.45, 2.75) is 27.2 Å². The van der Waals surface area contributed by atoms with Gasteiger partial charge in [0.2, 0.25) is 0 Å². The fourth-order valence-electron chi connectivity index (χ4n) is 0.942. The molecular weight excluding hydrogens is 210 g/mol. The molecule has 0 radical (unpaired) electrons. The molecule has 0 saturated carbocycles. The van der Waals surface area contributed by atoms with Gasteiger partial charge in [-0.1, -0.05) is 20.8 Å². The topological polar surface area (TPSA) is 86.0 Å². The molecule has 0 N–H and O–H groups in total. The molecule has 0 fully saturated rings. The summed E-state index contributed by atoms with van der Waals surface area (Å²) < 4.78 is 0. The average molecular weight is 223 g/mol. The van der Waals surface area contributed by atoms with Crippen molar-refractivity contribution < 1.29 is 9.72 Å². The number of hydrogen-bond acceptors (Lipinski definition) is 5. The Bertz CT molecular complexity index is 406. The van der Waals surface area contributed by atoms with Gasteiger partial charge in [-0.2, -0.15) is 0 Å². The third-order valence-corrected chi connectivity index (χ3v) is 2.06. The maximum Gasteiger partial charge on any atom is 0.305 e. The average Bonchev–Trinajstić information content (AvgIpc) is 2.17. The second-order valence-corrected chi connectivity index (χ2v) is 4.46. The SMILES string of the molecule is CC(C)(C)C(=O)Cc1ncc([N+](=O)[O-])cn1. The van der Waals surface area contributed by atoms with Crippen molar-refractivity contribution in [1.82, 2.24) is 9.97 Å². The fourth-order valence-corrected chi connectivity index (χ4v) is 0.942. The Balaban J connectivity index is 2.77. The lowest BCUT2D eigenvalue weighted by atomic mass is 9.89. The molecule has 16 heavy (non-hydrogen) atoms. The van der Waals surface area contributed by atoms with Crippen molar-refractivity contribution in [2.24, 2.45) is 5.41 Å². The Morgan fingerprint density at radius 1 is 1.38 bits per heavy atom. The molecule has 0 unspecified atom stereocenters. The predicted molar refractivity (Wildman–Crippen MR) is 56.9 cm³/mol. The summed E-state index contributed by atoms with van der Waals surface area (Å²) in [5.74, 6) is 0.312. The molecule has 0 aliphatic rings. The van der Waals surface area contributed by atoms with Gasteiger partial charge in [0.1, 0.15) is 24.0 Å². The van der Waals surface area contributed by atoms with Crippen LogP contribution in [-0.2, 0) is 11.2 Å². The summed E-state index contributed by atoms with van der Waals surface area (Å²) in [7, 11) is 0. The lowest BCUT2D eigenvalue weighted by Gasteiger charge is -2.15. The van der Waals surface area contributed by atoms with Crippen molar-refractivity contribution >= 4 is 11.5 Å². The molecule has 0 saturated heterocycles. The Labute approximate surface area is 92.9 Å². The molecule has 0 aromatic carbocycles. The van der Waals surface area contributed by atoms with E-state index in [1.165, 1.54) is 0 Å². The largest absolute Gasteiger partial charge is 0.305 e. The van der Waals surface area contributed by atoms with Crippen LogP contribution in [0.25, 0.3) is 0 Å². The number of Topliss-reactive ketones (excluding diaryl/α,β-unsaturated/α-hetero) is 1. The van der Waals surface area contributed by atoms with Crippen LogP contribution in [-0.4, -0.2) is 20.7 Å². The van der Waals surface area contributed by atoms with E-state index in [1.807, 2.05) is 0 Å². The van der Waals surface area contributed by atoms with E-state index in [9.17, 15) is 14.9 Å². The van der Waals surface area contributed by atoms with E-state index in [2.05, 4.69) is 9.97 Å². The summed E-state index contributed by atoms with van der Waals surface area (Å²) >= 11 is 0. The van der Waals surface area contributed by atoms with Gasteiger partial charge in [-0.25, -0.2) is 9.97 Å². The van der Waals surface area contributed by atoms with E-state index in [-0.39, 0.29) is 17.9 Å². The molecule has 86 valence electrons.